The Hall–Kier alpha value is -1.02. The highest BCUT2D eigenvalue weighted by molar-refractivity contribution is 5.38. The molecule has 1 aliphatic heterocycles. The molecule has 0 N–H and O–H groups in total. The lowest BCUT2D eigenvalue weighted by molar-refractivity contribution is 0.189. The van der Waals surface area contributed by atoms with Crippen LogP contribution in [0.3, 0.4) is 0 Å². The van der Waals surface area contributed by atoms with Crippen molar-refractivity contribution in [2.24, 2.45) is 0 Å². The summed E-state index contributed by atoms with van der Waals surface area (Å²) in [6.07, 6.45) is 1.07. The Labute approximate surface area is 98.2 Å². The second kappa shape index (κ2) is 4.88. The minimum absolute atomic E-state index is 0.584. The minimum Gasteiger partial charge on any atom is -0.492 e. The first kappa shape index (κ1) is 11.5. The average molecular weight is 219 g/mol. The van der Waals surface area contributed by atoms with Gasteiger partial charge < -0.3 is 4.74 Å². The highest BCUT2D eigenvalue weighted by atomic mass is 16.5. The van der Waals surface area contributed by atoms with Gasteiger partial charge in [-0.15, -0.1) is 0 Å². The summed E-state index contributed by atoms with van der Waals surface area (Å²) in [4.78, 5) is 2.46. The first-order valence-electron chi connectivity index (χ1n) is 6.19. The van der Waals surface area contributed by atoms with Crippen molar-refractivity contribution in [3.8, 4) is 5.75 Å². The Balaban J connectivity index is 2.24. The Morgan fingerprint density at radius 1 is 1.38 bits per heavy atom. The van der Waals surface area contributed by atoms with Crippen LogP contribution in [0.1, 0.15) is 31.9 Å². The van der Waals surface area contributed by atoms with Gasteiger partial charge in [-0.2, -0.15) is 0 Å². The molecule has 2 rings (SSSR count). The molecule has 1 aliphatic rings. The van der Waals surface area contributed by atoms with Crippen LogP contribution in [-0.4, -0.2) is 24.1 Å². The summed E-state index contributed by atoms with van der Waals surface area (Å²) in [6.45, 7) is 9.50. The molecule has 0 spiro atoms. The molecule has 88 valence electrons. The van der Waals surface area contributed by atoms with Crippen molar-refractivity contribution in [3.63, 3.8) is 0 Å². The molecule has 1 aromatic rings. The highest BCUT2D eigenvalue weighted by Crippen LogP contribution is 2.25. The molecule has 0 atom stereocenters. The third-order valence-electron chi connectivity index (χ3n) is 3.28. The van der Waals surface area contributed by atoms with Crippen LogP contribution in [0.25, 0.3) is 0 Å². The van der Waals surface area contributed by atoms with Gasteiger partial charge in [-0.1, -0.05) is 19.1 Å². The molecule has 0 radical (unpaired) electrons. The number of rotatable bonds is 2. The fourth-order valence-electron chi connectivity index (χ4n) is 2.10. The van der Waals surface area contributed by atoms with Crippen LogP contribution in [-0.2, 0) is 13.0 Å². The van der Waals surface area contributed by atoms with Crippen LogP contribution in [0.2, 0.25) is 0 Å². The van der Waals surface area contributed by atoms with Crippen molar-refractivity contribution >= 4 is 0 Å². The fourth-order valence-corrected chi connectivity index (χ4v) is 2.10. The molecule has 0 aromatic heterocycles. The molecule has 0 amide bonds. The molecule has 2 heteroatoms. The molecule has 2 nitrogen and oxygen atoms in total. The van der Waals surface area contributed by atoms with Gasteiger partial charge in [-0.05, 0) is 31.9 Å². The lowest BCUT2D eigenvalue weighted by Gasteiger charge is -2.23. The standard InChI is InChI=1S/C14H21NO/c1-4-12-5-6-13-10-15(11(2)3)7-8-16-14(13)9-12/h5-6,9,11H,4,7-8,10H2,1-3H3. The van der Waals surface area contributed by atoms with Gasteiger partial charge in [-0.3, -0.25) is 4.90 Å². The first-order chi connectivity index (χ1) is 7.70. The average Bonchev–Trinajstić information content (AvgIpc) is 2.49. The SMILES string of the molecule is CCc1ccc2c(c1)OCCN(C(C)C)C2. The van der Waals surface area contributed by atoms with Crippen molar-refractivity contribution in [1.82, 2.24) is 4.90 Å². The Kier molecular flexibility index (Phi) is 3.49. The Bertz CT molecular complexity index is 360. The van der Waals surface area contributed by atoms with E-state index in [1.807, 2.05) is 0 Å². The molecular formula is C14H21NO. The maximum atomic E-state index is 5.83. The van der Waals surface area contributed by atoms with E-state index in [1.54, 1.807) is 0 Å². The summed E-state index contributed by atoms with van der Waals surface area (Å²) in [7, 11) is 0. The van der Waals surface area contributed by atoms with Crippen molar-refractivity contribution in [3.05, 3.63) is 29.3 Å². The lowest BCUT2D eigenvalue weighted by Crippen LogP contribution is -2.32. The number of ether oxygens (including phenoxy) is 1. The molecule has 16 heavy (non-hydrogen) atoms. The minimum atomic E-state index is 0.584. The van der Waals surface area contributed by atoms with E-state index in [4.69, 9.17) is 4.74 Å². The van der Waals surface area contributed by atoms with Gasteiger partial charge in [0.15, 0.2) is 0 Å². The number of aryl methyl sites for hydroxylation is 1. The maximum absolute atomic E-state index is 5.83. The van der Waals surface area contributed by atoms with Gasteiger partial charge in [0.25, 0.3) is 0 Å². The summed E-state index contributed by atoms with van der Waals surface area (Å²) in [5.41, 5.74) is 2.68. The Morgan fingerprint density at radius 2 is 2.19 bits per heavy atom. The zero-order valence-corrected chi connectivity index (χ0v) is 10.5. The van der Waals surface area contributed by atoms with E-state index in [0.717, 1.165) is 31.9 Å². The molecule has 0 fully saturated rings. The van der Waals surface area contributed by atoms with E-state index in [9.17, 15) is 0 Å². The second-order valence-corrected chi connectivity index (χ2v) is 4.71. The van der Waals surface area contributed by atoms with Crippen LogP contribution < -0.4 is 4.74 Å². The smallest absolute Gasteiger partial charge is 0.124 e. The summed E-state index contributed by atoms with van der Waals surface area (Å²) in [5, 5.41) is 0. The van der Waals surface area contributed by atoms with Gasteiger partial charge in [0.1, 0.15) is 12.4 Å². The Morgan fingerprint density at radius 3 is 2.88 bits per heavy atom. The van der Waals surface area contributed by atoms with E-state index >= 15 is 0 Å². The molecule has 0 bridgehead atoms. The van der Waals surface area contributed by atoms with E-state index in [0.29, 0.717) is 6.04 Å². The molecule has 1 aromatic carbocycles. The molecular weight excluding hydrogens is 198 g/mol. The normalized spacial score (nSPS) is 16.8. The maximum Gasteiger partial charge on any atom is 0.124 e. The van der Waals surface area contributed by atoms with Crippen molar-refractivity contribution < 1.29 is 4.74 Å². The topological polar surface area (TPSA) is 12.5 Å². The van der Waals surface area contributed by atoms with Crippen molar-refractivity contribution in [2.75, 3.05) is 13.2 Å². The largest absolute Gasteiger partial charge is 0.492 e. The van der Waals surface area contributed by atoms with Crippen molar-refractivity contribution in [2.45, 2.75) is 39.8 Å². The van der Waals surface area contributed by atoms with Crippen LogP contribution in [0, 0.1) is 0 Å². The van der Waals surface area contributed by atoms with E-state index in [2.05, 4.69) is 43.9 Å². The first-order valence-corrected chi connectivity index (χ1v) is 6.19. The van der Waals surface area contributed by atoms with E-state index < -0.39 is 0 Å². The lowest BCUT2D eigenvalue weighted by atomic mass is 10.1. The van der Waals surface area contributed by atoms with Gasteiger partial charge in [-0.25, -0.2) is 0 Å². The second-order valence-electron chi connectivity index (χ2n) is 4.71. The summed E-state index contributed by atoms with van der Waals surface area (Å²) in [6, 6.07) is 7.21. The summed E-state index contributed by atoms with van der Waals surface area (Å²) < 4.78 is 5.83. The number of nitrogens with zero attached hydrogens (tertiary/aromatic N) is 1. The third kappa shape index (κ3) is 2.38. The predicted octanol–water partition coefficient (Wildman–Crippen LogP) is 2.85. The number of hydrogen-bond donors (Lipinski definition) is 0. The van der Waals surface area contributed by atoms with Crippen LogP contribution in [0.15, 0.2) is 18.2 Å². The number of fused-ring (bicyclic) bond motifs is 1. The molecule has 0 saturated carbocycles. The van der Waals surface area contributed by atoms with Crippen LogP contribution in [0.5, 0.6) is 5.75 Å². The van der Waals surface area contributed by atoms with E-state index in [1.165, 1.54) is 11.1 Å². The third-order valence-corrected chi connectivity index (χ3v) is 3.28. The van der Waals surface area contributed by atoms with Gasteiger partial charge in [0.2, 0.25) is 0 Å². The summed E-state index contributed by atoms with van der Waals surface area (Å²) in [5.74, 6) is 1.09. The van der Waals surface area contributed by atoms with Crippen LogP contribution >= 0.6 is 0 Å². The quantitative estimate of drug-likeness (QED) is 0.758. The van der Waals surface area contributed by atoms with Crippen LogP contribution in [0.4, 0.5) is 0 Å². The van der Waals surface area contributed by atoms with Gasteiger partial charge in [0.05, 0.1) is 0 Å². The molecule has 0 aliphatic carbocycles. The molecule has 1 heterocycles. The van der Waals surface area contributed by atoms with E-state index in [-0.39, 0.29) is 0 Å². The molecule has 0 saturated heterocycles. The van der Waals surface area contributed by atoms with Gasteiger partial charge >= 0.3 is 0 Å². The number of benzene rings is 1. The highest BCUT2D eigenvalue weighted by Gasteiger charge is 2.17. The zero-order chi connectivity index (χ0) is 11.5. The van der Waals surface area contributed by atoms with Crippen molar-refractivity contribution in [1.29, 1.82) is 0 Å². The zero-order valence-electron chi connectivity index (χ0n) is 10.5. The fraction of sp³-hybridized carbons (Fsp3) is 0.571. The predicted molar refractivity (Wildman–Crippen MR) is 66.9 cm³/mol. The molecule has 0 unspecified atom stereocenters. The number of hydrogen-bond acceptors (Lipinski definition) is 2. The van der Waals surface area contributed by atoms with Gasteiger partial charge in [0, 0.05) is 24.7 Å². The monoisotopic (exact) mass is 219 g/mol. The summed E-state index contributed by atoms with van der Waals surface area (Å²) >= 11 is 0.